The smallest absolute Gasteiger partial charge is 0.338 e. The Morgan fingerprint density at radius 3 is 2.20 bits per heavy atom. The standard InChI is InChI=1S/C19H18F3NO2/c1-12-8-9-15(10-13(12)2)17(24)16(23-18(25)19(20,21)22)11-14-6-4-3-5-7-14/h3-10,16H,11H2,1-2H3,(H,23,25)/t16-/m1/s1. The molecule has 3 nitrogen and oxygen atoms in total. The Bertz CT molecular complexity index is 770. The van der Waals surface area contributed by atoms with Crippen LogP contribution < -0.4 is 5.32 Å². The van der Waals surface area contributed by atoms with Crippen LogP contribution in [0.5, 0.6) is 0 Å². The highest BCUT2D eigenvalue weighted by Crippen LogP contribution is 2.18. The molecule has 0 radical (unpaired) electrons. The lowest BCUT2D eigenvalue weighted by Crippen LogP contribution is -2.48. The summed E-state index contributed by atoms with van der Waals surface area (Å²) in [5, 5.41) is 1.82. The Morgan fingerprint density at radius 2 is 1.64 bits per heavy atom. The molecule has 0 fully saturated rings. The van der Waals surface area contributed by atoms with Crippen molar-refractivity contribution in [2.75, 3.05) is 0 Å². The normalized spacial score (nSPS) is 12.5. The Morgan fingerprint density at radius 1 is 1.00 bits per heavy atom. The Balaban J connectivity index is 2.30. The minimum Gasteiger partial charge on any atom is -0.338 e. The quantitative estimate of drug-likeness (QED) is 0.835. The fourth-order valence-electron chi connectivity index (χ4n) is 2.40. The van der Waals surface area contributed by atoms with Crippen LogP contribution in [0.1, 0.15) is 27.0 Å². The van der Waals surface area contributed by atoms with Crippen molar-refractivity contribution in [1.29, 1.82) is 0 Å². The van der Waals surface area contributed by atoms with Gasteiger partial charge >= 0.3 is 12.1 Å². The van der Waals surface area contributed by atoms with Crippen LogP contribution in [0.4, 0.5) is 13.2 Å². The lowest BCUT2D eigenvalue weighted by molar-refractivity contribution is -0.174. The third-order valence-corrected chi connectivity index (χ3v) is 3.95. The molecule has 2 rings (SSSR count). The summed E-state index contributed by atoms with van der Waals surface area (Å²) in [6.07, 6.45) is -5.06. The van der Waals surface area contributed by atoms with E-state index in [1.165, 1.54) is 0 Å². The maximum Gasteiger partial charge on any atom is 0.471 e. The van der Waals surface area contributed by atoms with Gasteiger partial charge in [0.1, 0.15) is 0 Å². The molecule has 25 heavy (non-hydrogen) atoms. The fourth-order valence-corrected chi connectivity index (χ4v) is 2.40. The topological polar surface area (TPSA) is 46.2 Å². The minimum absolute atomic E-state index is 0.0194. The Kier molecular flexibility index (Phi) is 5.62. The number of benzene rings is 2. The van der Waals surface area contributed by atoms with Gasteiger partial charge in [0, 0.05) is 12.0 Å². The highest BCUT2D eigenvalue weighted by atomic mass is 19.4. The van der Waals surface area contributed by atoms with Crippen molar-refractivity contribution in [2.45, 2.75) is 32.5 Å². The number of rotatable bonds is 5. The number of ketones is 1. The third kappa shape index (κ3) is 4.92. The molecule has 132 valence electrons. The number of hydrogen-bond acceptors (Lipinski definition) is 2. The number of halogens is 3. The van der Waals surface area contributed by atoms with Crippen LogP contribution in [0.3, 0.4) is 0 Å². The largest absolute Gasteiger partial charge is 0.471 e. The molecular formula is C19H18F3NO2. The number of alkyl halides is 3. The molecule has 0 saturated carbocycles. The summed E-state index contributed by atoms with van der Waals surface area (Å²) < 4.78 is 37.8. The fraction of sp³-hybridized carbons (Fsp3) is 0.263. The van der Waals surface area contributed by atoms with Gasteiger partial charge in [0.25, 0.3) is 0 Å². The highest BCUT2D eigenvalue weighted by molar-refractivity contribution is 6.02. The zero-order chi connectivity index (χ0) is 18.6. The van der Waals surface area contributed by atoms with Crippen molar-refractivity contribution in [3.8, 4) is 0 Å². The lowest BCUT2D eigenvalue weighted by Gasteiger charge is -2.19. The van der Waals surface area contributed by atoms with E-state index in [0.29, 0.717) is 5.56 Å². The second-order valence-corrected chi connectivity index (χ2v) is 5.88. The maximum absolute atomic E-state index is 12.7. The van der Waals surface area contributed by atoms with Crippen molar-refractivity contribution < 1.29 is 22.8 Å². The monoisotopic (exact) mass is 349 g/mol. The molecule has 0 aliphatic heterocycles. The van der Waals surface area contributed by atoms with Crippen LogP contribution in [0.25, 0.3) is 0 Å². The van der Waals surface area contributed by atoms with Gasteiger partial charge in [-0.05, 0) is 36.6 Å². The SMILES string of the molecule is Cc1ccc(C(=O)[C@@H](Cc2ccccc2)NC(=O)C(F)(F)F)cc1C. The average molecular weight is 349 g/mol. The van der Waals surface area contributed by atoms with Crippen LogP contribution in [-0.2, 0) is 11.2 Å². The van der Waals surface area contributed by atoms with E-state index in [4.69, 9.17) is 0 Å². The summed E-state index contributed by atoms with van der Waals surface area (Å²) >= 11 is 0. The molecule has 0 aromatic heterocycles. The van der Waals surface area contributed by atoms with E-state index in [9.17, 15) is 22.8 Å². The first-order chi connectivity index (χ1) is 11.7. The van der Waals surface area contributed by atoms with Gasteiger partial charge < -0.3 is 5.32 Å². The summed E-state index contributed by atoms with van der Waals surface area (Å²) in [6.45, 7) is 3.68. The molecule has 2 aromatic carbocycles. The molecule has 0 saturated heterocycles. The first kappa shape index (κ1) is 18.7. The summed E-state index contributed by atoms with van der Waals surface area (Å²) in [5.74, 6) is -2.67. The van der Waals surface area contributed by atoms with Gasteiger partial charge in [0.2, 0.25) is 0 Å². The number of carbonyl (C=O) groups is 2. The number of Topliss-reactive ketones (excluding diaryl/α,β-unsaturated/α-hetero) is 1. The van der Waals surface area contributed by atoms with E-state index in [1.54, 1.807) is 48.5 Å². The molecule has 0 aliphatic rings. The van der Waals surface area contributed by atoms with Gasteiger partial charge in [-0.1, -0.05) is 42.5 Å². The molecule has 2 aromatic rings. The molecule has 6 heteroatoms. The minimum atomic E-state index is -5.04. The van der Waals surface area contributed by atoms with Crippen molar-refractivity contribution in [3.63, 3.8) is 0 Å². The molecular weight excluding hydrogens is 331 g/mol. The van der Waals surface area contributed by atoms with Gasteiger partial charge in [0.15, 0.2) is 5.78 Å². The number of amides is 1. The van der Waals surface area contributed by atoms with E-state index in [2.05, 4.69) is 0 Å². The third-order valence-electron chi connectivity index (χ3n) is 3.95. The second-order valence-electron chi connectivity index (χ2n) is 5.88. The van der Waals surface area contributed by atoms with E-state index in [1.807, 2.05) is 19.2 Å². The van der Waals surface area contributed by atoms with Crippen molar-refractivity contribution in [3.05, 3.63) is 70.8 Å². The molecule has 1 N–H and O–H groups in total. The molecule has 0 aliphatic carbocycles. The zero-order valence-corrected chi connectivity index (χ0v) is 13.9. The maximum atomic E-state index is 12.7. The molecule has 1 atom stereocenters. The van der Waals surface area contributed by atoms with E-state index < -0.39 is 23.9 Å². The molecule has 0 spiro atoms. The Labute approximate surface area is 143 Å². The summed E-state index contributed by atoms with van der Waals surface area (Å²) in [5.41, 5.74) is 2.75. The van der Waals surface area contributed by atoms with E-state index in [-0.39, 0.29) is 12.0 Å². The van der Waals surface area contributed by atoms with Gasteiger partial charge in [0.05, 0.1) is 6.04 Å². The predicted octanol–water partition coefficient (Wildman–Crippen LogP) is 3.78. The van der Waals surface area contributed by atoms with Gasteiger partial charge in [-0.3, -0.25) is 9.59 Å². The summed E-state index contributed by atoms with van der Waals surface area (Å²) in [6, 6.07) is 12.2. The lowest BCUT2D eigenvalue weighted by atomic mass is 9.95. The Hall–Kier alpha value is -2.63. The molecule has 0 unspecified atom stereocenters. The van der Waals surface area contributed by atoms with Crippen LogP contribution in [-0.4, -0.2) is 23.9 Å². The number of nitrogens with one attached hydrogen (secondary N) is 1. The molecule has 0 heterocycles. The predicted molar refractivity (Wildman–Crippen MR) is 88.4 cm³/mol. The summed E-state index contributed by atoms with van der Waals surface area (Å²) in [4.78, 5) is 24.0. The molecule has 1 amide bonds. The van der Waals surface area contributed by atoms with Crippen LogP contribution in [0.15, 0.2) is 48.5 Å². The van der Waals surface area contributed by atoms with Crippen LogP contribution in [0.2, 0.25) is 0 Å². The van der Waals surface area contributed by atoms with Crippen LogP contribution >= 0.6 is 0 Å². The average Bonchev–Trinajstić information content (AvgIpc) is 2.56. The van der Waals surface area contributed by atoms with Crippen molar-refractivity contribution in [2.24, 2.45) is 0 Å². The highest BCUT2D eigenvalue weighted by Gasteiger charge is 2.40. The second kappa shape index (κ2) is 7.51. The number of hydrogen-bond donors (Lipinski definition) is 1. The van der Waals surface area contributed by atoms with E-state index >= 15 is 0 Å². The first-order valence-corrected chi connectivity index (χ1v) is 7.71. The summed E-state index contributed by atoms with van der Waals surface area (Å²) in [7, 11) is 0. The van der Waals surface area contributed by atoms with Gasteiger partial charge in [-0.15, -0.1) is 0 Å². The van der Waals surface area contributed by atoms with Crippen molar-refractivity contribution in [1.82, 2.24) is 5.32 Å². The van der Waals surface area contributed by atoms with E-state index in [0.717, 1.165) is 11.1 Å². The number of aryl methyl sites for hydroxylation is 2. The zero-order valence-electron chi connectivity index (χ0n) is 13.9. The molecule has 0 bridgehead atoms. The number of carbonyl (C=O) groups excluding carboxylic acids is 2. The van der Waals surface area contributed by atoms with Gasteiger partial charge in [-0.25, -0.2) is 0 Å². The van der Waals surface area contributed by atoms with Gasteiger partial charge in [-0.2, -0.15) is 13.2 Å². The first-order valence-electron chi connectivity index (χ1n) is 7.71. The van der Waals surface area contributed by atoms with Crippen LogP contribution in [0, 0.1) is 13.8 Å². The van der Waals surface area contributed by atoms with Crippen molar-refractivity contribution >= 4 is 11.7 Å².